The minimum Gasteiger partial charge on any atom is -0.355 e. The normalized spacial score (nSPS) is 10.7. The van der Waals surface area contributed by atoms with Crippen LogP contribution in [0.25, 0.3) is 0 Å². The van der Waals surface area contributed by atoms with E-state index in [2.05, 4.69) is 69.4 Å². The molecule has 0 spiro atoms. The van der Waals surface area contributed by atoms with Crippen LogP contribution in [0.4, 0.5) is 11.4 Å². The molecule has 1 heteroatoms. The number of anilines is 2. The zero-order valence-corrected chi connectivity index (χ0v) is 13.8. The number of hydrogen-bond donors (Lipinski definition) is 1. The van der Waals surface area contributed by atoms with Crippen LogP contribution < -0.4 is 5.32 Å². The first-order valence-corrected chi connectivity index (χ1v) is 8.22. The maximum Gasteiger partial charge on any atom is 0.0416 e. The predicted molar refractivity (Wildman–Crippen MR) is 93.7 cm³/mol. The zero-order chi connectivity index (χ0) is 15.2. The maximum absolute atomic E-state index is 3.65. The molecule has 0 aliphatic heterocycles. The second-order valence-electron chi connectivity index (χ2n) is 5.52. The van der Waals surface area contributed by atoms with Crippen LogP contribution in [-0.4, -0.2) is 0 Å². The van der Waals surface area contributed by atoms with Crippen LogP contribution in [0.5, 0.6) is 0 Å². The second-order valence-corrected chi connectivity index (χ2v) is 5.52. The fourth-order valence-electron chi connectivity index (χ4n) is 2.71. The Labute approximate surface area is 129 Å². The average molecular weight is 281 g/mol. The molecule has 2 rings (SSSR count). The molecule has 1 nitrogen and oxygen atoms in total. The third-order valence-electron chi connectivity index (χ3n) is 4.19. The summed E-state index contributed by atoms with van der Waals surface area (Å²) in [5.74, 6) is 0. The van der Waals surface area contributed by atoms with E-state index in [1.54, 1.807) is 0 Å². The van der Waals surface area contributed by atoms with Gasteiger partial charge in [-0.25, -0.2) is 0 Å². The Bertz CT molecular complexity index is 545. The smallest absolute Gasteiger partial charge is 0.0416 e. The molecule has 0 aliphatic rings. The highest BCUT2D eigenvalue weighted by Gasteiger charge is 2.06. The molecule has 112 valence electrons. The van der Waals surface area contributed by atoms with Crippen LogP contribution in [0, 0.1) is 0 Å². The van der Waals surface area contributed by atoms with E-state index in [-0.39, 0.29) is 0 Å². The third kappa shape index (κ3) is 3.66. The van der Waals surface area contributed by atoms with E-state index < -0.39 is 0 Å². The Morgan fingerprint density at radius 1 is 0.619 bits per heavy atom. The van der Waals surface area contributed by atoms with Crippen molar-refractivity contribution in [3.05, 3.63) is 58.7 Å². The van der Waals surface area contributed by atoms with Crippen LogP contribution in [0.2, 0.25) is 0 Å². The van der Waals surface area contributed by atoms with Crippen molar-refractivity contribution in [1.29, 1.82) is 0 Å². The number of hydrogen-bond acceptors (Lipinski definition) is 1. The number of nitrogens with one attached hydrogen (secondary N) is 1. The van der Waals surface area contributed by atoms with E-state index in [1.165, 1.54) is 33.6 Å². The lowest BCUT2D eigenvalue weighted by molar-refractivity contribution is 1.08. The molecule has 2 aromatic carbocycles. The molecule has 0 atom stereocenters. The lowest BCUT2D eigenvalue weighted by Crippen LogP contribution is -2.00. The monoisotopic (exact) mass is 281 g/mol. The number of benzene rings is 2. The molecular weight excluding hydrogens is 254 g/mol. The van der Waals surface area contributed by atoms with Gasteiger partial charge in [-0.2, -0.15) is 0 Å². The molecule has 0 aliphatic carbocycles. The highest BCUT2D eigenvalue weighted by Crippen LogP contribution is 2.26. The Morgan fingerprint density at radius 2 is 1.05 bits per heavy atom. The summed E-state index contributed by atoms with van der Waals surface area (Å²) in [5.41, 5.74) is 8.11. The van der Waals surface area contributed by atoms with Crippen molar-refractivity contribution in [3.63, 3.8) is 0 Å². The Balaban J connectivity index is 2.33. The Hall–Kier alpha value is -1.76. The lowest BCUT2D eigenvalue weighted by Gasteiger charge is -2.16. The molecule has 0 aromatic heterocycles. The molecule has 2 aromatic rings. The minimum atomic E-state index is 1.06. The highest BCUT2D eigenvalue weighted by molar-refractivity contribution is 5.67. The van der Waals surface area contributed by atoms with Gasteiger partial charge < -0.3 is 5.32 Å². The van der Waals surface area contributed by atoms with Gasteiger partial charge in [0, 0.05) is 11.4 Å². The minimum absolute atomic E-state index is 1.06. The van der Waals surface area contributed by atoms with Crippen LogP contribution in [0.3, 0.4) is 0 Å². The molecule has 0 saturated heterocycles. The highest BCUT2D eigenvalue weighted by atomic mass is 14.9. The summed E-state index contributed by atoms with van der Waals surface area (Å²) in [6, 6.07) is 13.6. The number of rotatable bonds is 6. The molecule has 0 amide bonds. The fourth-order valence-corrected chi connectivity index (χ4v) is 2.71. The van der Waals surface area contributed by atoms with Crippen LogP contribution in [0.15, 0.2) is 36.4 Å². The summed E-state index contributed by atoms with van der Waals surface area (Å²) in [5, 5.41) is 3.65. The molecule has 0 fully saturated rings. The molecule has 0 heterocycles. The topological polar surface area (TPSA) is 12.0 Å². The summed E-state index contributed by atoms with van der Waals surface area (Å²) in [4.78, 5) is 0. The Kier molecular flexibility index (Phi) is 5.44. The van der Waals surface area contributed by atoms with E-state index in [0.29, 0.717) is 0 Å². The van der Waals surface area contributed by atoms with Gasteiger partial charge in [0.15, 0.2) is 0 Å². The second kappa shape index (κ2) is 7.31. The van der Waals surface area contributed by atoms with Gasteiger partial charge in [0.1, 0.15) is 0 Å². The van der Waals surface area contributed by atoms with E-state index in [9.17, 15) is 0 Å². The molecule has 21 heavy (non-hydrogen) atoms. The Morgan fingerprint density at radius 3 is 1.38 bits per heavy atom. The average Bonchev–Trinajstić information content (AvgIpc) is 2.55. The lowest BCUT2D eigenvalue weighted by atomic mass is 10.0. The van der Waals surface area contributed by atoms with Crippen molar-refractivity contribution in [2.75, 3.05) is 5.32 Å². The van der Waals surface area contributed by atoms with Crippen LogP contribution >= 0.6 is 0 Å². The molecule has 0 bridgehead atoms. The standard InChI is InChI=1S/C20H27N/c1-5-15-9-11-19(17(7-3)13-15)21-20-12-10-16(6-2)14-18(20)8-4/h9-14,21H,5-8H2,1-4H3. The molecule has 0 unspecified atom stereocenters. The van der Waals surface area contributed by atoms with E-state index in [4.69, 9.17) is 0 Å². The van der Waals surface area contributed by atoms with Crippen molar-refractivity contribution >= 4 is 11.4 Å². The van der Waals surface area contributed by atoms with Gasteiger partial charge in [-0.3, -0.25) is 0 Å². The SMILES string of the molecule is CCc1ccc(Nc2ccc(CC)cc2CC)c(CC)c1. The summed E-state index contributed by atoms with van der Waals surface area (Å²) in [6.45, 7) is 8.86. The van der Waals surface area contributed by atoms with Crippen molar-refractivity contribution in [2.24, 2.45) is 0 Å². The van der Waals surface area contributed by atoms with Crippen molar-refractivity contribution in [3.8, 4) is 0 Å². The fraction of sp³-hybridized carbons (Fsp3) is 0.400. The van der Waals surface area contributed by atoms with Crippen molar-refractivity contribution in [1.82, 2.24) is 0 Å². The van der Waals surface area contributed by atoms with Gasteiger partial charge >= 0.3 is 0 Å². The van der Waals surface area contributed by atoms with E-state index in [1.807, 2.05) is 0 Å². The van der Waals surface area contributed by atoms with Crippen LogP contribution in [0.1, 0.15) is 49.9 Å². The van der Waals surface area contributed by atoms with Gasteiger partial charge in [0.05, 0.1) is 0 Å². The van der Waals surface area contributed by atoms with Crippen molar-refractivity contribution in [2.45, 2.75) is 53.4 Å². The van der Waals surface area contributed by atoms with Gasteiger partial charge in [0.25, 0.3) is 0 Å². The van der Waals surface area contributed by atoms with E-state index >= 15 is 0 Å². The zero-order valence-electron chi connectivity index (χ0n) is 13.8. The van der Waals surface area contributed by atoms with Gasteiger partial charge in [-0.15, -0.1) is 0 Å². The molecular formula is C20H27N. The van der Waals surface area contributed by atoms with Gasteiger partial charge in [-0.05, 0) is 60.1 Å². The molecule has 0 saturated carbocycles. The van der Waals surface area contributed by atoms with Crippen molar-refractivity contribution < 1.29 is 0 Å². The first-order valence-electron chi connectivity index (χ1n) is 8.22. The number of aryl methyl sites for hydroxylation is 4. The quantitative estimate of drug-likeness (QED) is 0.718. The first kappa shape index (κ1) is 15.6. The predicted octanol–water partition coefficient (Wildman–Crippen LogP) is 5.68. The summed E-state index contributed by atoms with van der Waals surface area (Å²) in [6.07, 6.45) is 4.31. The van der Waals surface area contributed by atoms with Crippen LogP contribution in [-0.2, 0) is 25.7 Å². The summed E-state index contributed by atoms with van der Waals surface area (Å²) in [7, 11) is 0. The third-order valence-corrected chi connectivity index (χ3v) is 4.19. The summed E-state index contributed by atoms with van der Waals surface area (Å²) < 4.78 is 0. The maximum atomic E-state index is 3.65. The van der Waals surface area contributed by atoms with E-state index in [0.717, 1.165) is 25.7 Å². The largest absolute Gasteiger partial charge is 0.355 e. The van der Waals surface area contributed by atoms with Gasteiger partial charge in [-0.1, -0.05) is 52.0 Å². The first-order chi connectivity index (χ1) is 10.2. The summed E-state index contributed by atoms with van der Waals surface area (Å²) >= 11 is 0. The molecule has 1 N–H and O–H groups in total. The van der Waals surface area contributed by atoms with Gasteiger partial charge in [0.2, 0.25) is 0 Å². The molecule has 0 radical (unpaired) electrons.